The molecule has 0 aliphatic heterocycles. The molecular weight excluding hydrogens is 510 g/mol. The molecule has 0 unspecified atom stereocenters. The number of anilines is 2. The van der Waals surface area contributed by atoms with Crippen LogP contribution >= 0.6 is 0 Å². The molecular formula is C31H39N3O6. The predicted molar refractivity (Wildman–Crippen MR) is 156 cm³/mol. The minimum absolute atomic E-state index is 0.00787. The van der Waals surface area contributed by atoms with E-state index in [1.807, 2.05) is 78.9 Å². The van der Waals surface area contributed by atoms with Gasteiger partial charge in [-0.05, 0) is 74.7 Å². The molecule has 0 bridgehead atoms. The predicted octanol–water partition coefficient (Wildman–Crippen LogP) is 5.76. The zero-order chi connectivity index (χ0) is 28.7. The Morgan fingerprint density at radius 2 is 1.27 bits per heavy atom. The van der Waals surface area contributed by atoms with Crippen LogP contribution in [0.1, 0.15) is 44.2 Å². The first kappa shape index (κ1) is 30.5. The zero-order valence-corrected chi connectivity index (χ0v) is 23.3. The lowest BCUT2D eigenvalue weighted by Gasteiger charge is -2.24. The average molecular weight is 550 g/mol. The molecule has 2 atom stereocenters. The number of hydrogen-bond acceptors (Lipinski definition) is 7. The van der Waals surface area contributed by atoms with Crippen molar-refractivity contribution in [2.24, 2.45) is 0 Å². The minimum atomic E-state index is -0.664. The number of aliphatic hydroxyl groups is 1. The summed E-state index contributed by atoms with van der Waals surface area (Å²) in [5, 5.41) is 19.3. The van der Waals surface area contributed by atoms with Gasteiger partial charge in [-0.1, -0.05) is 42.5 Å². The summed E-state index contributed by atoms with van der Waals surface area (Å²) in [4.78, 5) is 23.6. The van der Waals surface area contributed by atoms with E-state index in [0.717, 1.165) is 23.3 Å². The monoisotopic (exact) mass is 549 g/mol. The molecule has 0 radical (unpaired) electrons. The van der Waals surface area contributed by atoms with Crippen LogP contribution in [0.15, 0.2) is 78.9 Å². The van der Waals surface area contributed by atoms with Crippen LogP contribution in [0.4, 0.5) is 21.0 Å². The molecule has 0 spiro atoms. The molecule has 40 heavy (non-hydrogen) atoms. The van der Waals surface area contributed by atoms with Crippen LogP contribution in [0.3, 0.4) is 0 Å². The highest BCUT2D eigenvalue weighted by molar-refractivity contribution is 5.85. The number of carbonyl (C=O) groups excluding carboxylic acids is 2. The summed E-state index contributed by atoms with van der Waals surface area (Å²) < 4.78 is 15.6. The molecule has 2 amide bonds. The van der Waals surface area contributed by atoms with Gasteiger partial charge < -0.3 is 24.6 Å². The van der Waals surface area contributed by atoms with Gasteiger partial charge in [0.05, 0.1) is 13.2 Å². The molecule has 0 aliphatic rings. The highest BCUT2D eigenvalue weighted by Crippen LogP contribution is 2.31. The fourth-order valence-electron chi connectivity index (χ4n) is 4.17. The van der Waals surface area contributed by atoms with Crippen molar-refractivity contribution < 1.29 is 28.9 Å². The Morgan fingerprint density at radius 3 is 1.75 bits per heavy atom. The van der Waals surface area contributed by atoms with Crippen molar-refractivity contribution in [1.82, 2.24) is 5.32 Å². The SMILES string of the molecule is CCOC(=O)Nc1ccc(C(C[C@H](C)NC[C@H](O)COc2ccccc2)c2ccc(NC(=O)OCC)cc2)cc1. The number of benzene rings is 3. The summed E-state index contributed by atoms with van der Waals surface area (Å²) in [6, 6.07) is 24.8. The van der Waals surface area contributed by atoms with Crippen molar-refractivity contribution in [2.75, 3.05) is 37.0 Å². The molecule has 3 aromatic rings. The molecule has 0 aromatic heterocycles. The molecule has 3 rings (SSSR count). The third-order valence-electron chi connectivity index (χ3n) is 6.15. The van der Waals surface area contributed by atoms with Gasteiger partial charge in [0.25, 0.3) is 0 Å². The van der Waals surface area contributed by atoms with Gasteiger partial charge in [-0.25, -0.2) is 9.59 Å². The maximum atomic E-state index is 11.8. The van der Waals surface area contributed by atoms with E-state index in [9.17, 15) is 14.7 Å². The van der Waals surface area contributed by atoms with E-state index in [0.29, 0.717) is 31.1 Å². The summed E-state index contributed by atoms with van der Waals surface area (Å²) in [6.07, 6.45) is -0.919. The van der Waals surface area contributed by atoms with Crippen LogP contribution in [0, 0.1) is 0 Å². The third-order valence-corrected chi connectivity index (χ3v) is 6.15. The first-order valence-corrected chi connectivity index (χ1v) is 13.5. The lowest BCUT2D eigenvalue weighted by Crippen LogP contribution is -2.37. The first-order chi connectivity index (χ1) is 19.4. The number of carbonyl (C=O) groups is 2. The summed E-state index contributed by atoms with van der Waals surface area (Å²) in [5.74, 6) is 0.727. The van der Waals surface area contributed by atoms with E-state index in [1.54, 1.807) is 13.8 Å². The van der Waals surface area contributed by atoms with Crippen molar-refractivity contribution in [3.63, 3.8) is 0 Å². The number of amides is 2. The number of aliphatic hydroxyl groups excluding tert-OH is 1. The lowest BCUT2D eigenvalue weighted by molar-refractivity contribution is 0.103. The van der Waals surface area contributed by atoms with E-state index in [4.69, 9.17) is 14.2 Å². The summed E-state index contributed by atoms with van der Waals surface area (Å²) in [7, 11) is 0. The van der Waals surface area contributed by atoms with E-state index < -0.39 is 18.3 Å². The largest absolute Gasteiger partial charge is 0.491 e. The Bertz CT molecular complexity index is 1110. The molecule has 214 valence electrons. The van der Waals surface area contributed by atoms with E-state index in [1.165, 1.54) is 0 Å². The molecule has 4 N–H and O–H groups in total. The average Bonchev–Trinajstić information content (AvgIpc) is 2.95. The second-order valence-corrected chi connectivity index (χ2v) is 9.31. The van der Waals surface area contributed by atoms with Gasteiger partial charge >= 0.3 is 12.2 Å². The maximum absolute atomic E-state index is 11.8. The number of hydrogen-bond donors (Lipinski definition) is 4. The van der Waals surface area contributed by atoms with Gasteiger partial charge in [-0.3, -0.25) is 10.6 Å². The van der Waals surface area contributed by atoms with Crippen molar-refractivity contribution in [3.8, 4) is 5.75 Å². The summed E-state index contributed by atoms with van der Waals surface area (Å²) >= 11 is 0. The molecule has 9 nitrogen and oxygen atoms in total. The second-order valence-electron chi connectivity index (χ2n) is 9.31. The van der Waals surface area contributed by atoms with Crippen LogP contribution in [-0.4, -0.2) is 55.8 Å². The molecule has 0 fully saturated rings. The molecule has 0 saturated carbocycles. The standard InChI is InChI=1S/C31H39N3O6/c1-4-38-30(36)33-25-15-11-23(12-16-25)29(24-13-17-26(18-14-24)34-31(37)39-5-2)19-22(3)32-20-27(35)21-40-28-9-7-6-8-10-28/h6-18,22,27,29,32,35H,4-5,19-21H2,1-3H3,(H,33,36)(H,34,37)/t22-,27-/m0/s1. The summed E-state index contributed by atoms with van der Waals surface area (Å²) in [5.41, 5.74) is 3.40. The Morgan fingerprint density at radius 1 is 0.775 bits per heavy atom. The van der Waals surface area contributed by atoms with E-state index in [2.05, 4.69) is 22.9 Å². The normalized spacial score (nSPS) is 12.3. The van der Waals surface area contributed by atoms with E-state index in [-0.39, 0.29) is 18.6 Å². The van der Waals surface area contributed by atoms with Crippen molar-refractivity contribution >= 4 is 23.6 Å². The van der Waals surface area contributed by atoms with Gasteiger partial charge in [0.15, 0.2) is 0 Å². The van der Waals surface area contributed by atoms with Crippen LogP contribution < -0.4 is 20.7 Å². The van der Waals surface area contributed by atoms with Gasteiger partial charge in [-0.2, -0.15) is 0 Å². The van der Waals surface area contributed by atoms with Crippen LogP contribution in [-0.2, 0) is 9.47 Å². The zero-order valence-electron chi connectivity index (χ0n) is 23.3. The topological polar surface area (TPSA) is 118 Å². The van der Waals surface area contributed by atoms with Gasteiger partial charge in [-0.15, -0.1) is 0 Å². The number of para-hydroxylation sites is 1. The number of nitrogens with one attached hydrogen (secondary N) is 3. The van der Waals surface area contributed by atoms with Crippen LogP contribution in [0.5, 0.6) is 5.75 Å². The second kappa shape index (κ2) is 16.1. The number of ether oxygens (including phenoxy) is 3. The van der Waals surface area contributed by atoms with Gasteiger partial charge in [0.2, 0.25) is 0 Å². The Balaban J connectivity index is 1.67. The smallest absolute Gasteiger partial charge is 0.411 e. The van der Waals surface area contributed by atoms with Crippen molar-refractivity contribution in [3.05, 3.63) is 90.0 Å². The summed E-state index contributed by atoms with van der Waals surface area (Å²) in [6.45, 7) is 6.75. The Hall–Kier alpha value is -4.08. The van der Waals surface area contributed by atoms with Gasteiger partial charge in [0, 0.05) is 29.9 Å². The maximum Gasteiger partial charge on any atom is 0.411 e. The van der Waals surface area contributed by atoms with E-state index >= 15 is 0 Å². The molecule has 9 heteroatoms. The highest BCUT2D eigenvalue weighted by atomic mass is 16.6. The fraction of sp³-hybridized carbons (Fsp3) is 0.355. The third kappa shape index (κ3) is 10.2. The molecule has 3 aromatic carbocycles. The lowest BCUT2D eigenvalue weighted by atomic mass is 9.86. The Labute approximate surface area is 235 Å². The molecule has 0 aliphatic carbocycles. The van der Waals surface area contributed by atoms with Crippen molar-refractivity contribution in [2.45, 2.75) is 45.3 Å². The fourth-order valence-corrected chi connectivity index (χ4v) is 4.17. The first-order valence-electron chi connectivity index (χ1n) is 13.5. The van der Waals surface area contributed by atoms with Gasteiger partial charge in [0.1, 0.15) is 18.5 Å². The van der Waals surface area contributed by atoms with Crippen LogP contribution in [0.2, 0.25) is 0 Å². The quantitative estimate of drug-likeness (QED) is 0.202. The Kier molecular flexibility index (Phi) is 12.3. The van der Waals surface area contributed by atoms with Crippen molar-refractivity contribution in [1.29, 1.82) is 0 Å². The molecule has 0 heterocycles. The van der Waals surface area contributed by atoms with Crippen LogP contribution in [0.25, 0.3) is 0 Å². The number of rotatable bonds is 14. The highest BCUT2D eigenvalue weighted by Gasteiger charge is 2.19. The minimum Gasteiger partial charge on any atom is -0.491 e. The molecule has 0 saturated heterocycles.